The van der Waals surface area contributed by atoms with Crippen molar-refractivity contribution in [2.24, 2.45) is 0 Å². The standard InChI is InChI=1S/C25H21FN2OS/c1-16-7-6-10-21-17(2)15-22(28-23(16)21)30-24(18-8-4-3-5-9-18)25(29)27-20-13-11-19(26)12-14-20/h3-15,24H,1-2H3,(H,27,29)/t24-/m1/s1. The third-order valence-electron chi connectivity index (χ3n) is 4.92. The van der Waals surface area contributed by atoms with Crippen LogP contribution in [0.3, 0.4) is 0 Å². The second kappa shape index (κ2) is 8.67. The van der Waals surface area contributed by atoms with Gasteiger partial charge in [-0.3, -0.25) is 4.79 Å². The summed E-state index contributed by atoms with van der Waals surface area (Å²) in [5.74, 6) is -0.518. The average molecular weight is 417 g/mol. The molecule has 0 aliphatic carbocycles. The van der Waals surface area contributed by atoms with Crippen molar-refractivity contribution in [3.63, 3.8) is 0 Å². The number of benzene rings is 3. The van der Waals surface area contributed by atoms with Crippen LogP contribution in [0, 0.1) is 19.7 Å². The van der Waals surface area contributed by atoms with E-state index in [1.54, 1.807) is 12.1 Å². The maximum Gasteiger partial charge on any atom is 0.242 e. The van der Waals surface area contributed by atoms with E-state index in [0.29, 0.717) is 5.69 Å². The maximum atomic E-state index is 13.2. The molecular formula is C25H21FN2OS. The molecule has 0 unspecified atom stereocenters. The molecule has 0 saturated carbocycles. The molecule has 0 saturated heterocycles. The third-order valence-corrected chi connectivity index (χ3v) is 6.09. The number of carbonyl (C=O) groups excluding carboxylic acids is 1. The SMILES string of the molecule is Cc1cc(S[C@@H](C(=O)Nc2ccc(F)cc2)c2ccccc2)nc2c(C)cccc12. The Morgan fingerprint density at radius 1 is 0.933 bits per heavy atom. The van der Waals surface area contributed by atoms with Crippen LogP contribution in [-0.2, 0) is 4.79 Å². The summed E-state index contributed by atoms with van der Waals surface area (Å²) in [5.41, 5.74) is 4.61. The van der Waals surface area contributed by atoms with Crippen LogP contribution in [0.2, 0.25) is 0 Å². The van der Waals surface area contributed by atoms with Crippen molar-refractivity contribution < 1.29 is 9.18 Å². The Labute approximate surface area is 179 Å². The van der Waals surface area contributed by atoms with Crippen molar-refractivity contribution in [2.45, 2.75) is 24.1 Å². The lowest BCUT2D eigenvalue weighted by Gasteiger charge is -2.17. The number of hydrogen-bond acceptors (Lipinski definition) is 3. The zero-order valence-corrected chi connectivity index (χ0v) is 17.5. The molecule has 0 aliphatic heterocycles. The molecule has 1 heterocycles. The third kappa shape index (κ3) is 4.36. The highest BCUT2D eigenvalue weighted by Gasteiger charge is 2.23. The summed E-state index contributed by atoms with van der Waals surface area (Å²) in [6, 6.07) is 23.5. The lowest BCUT2D eigenvalue weighted by molar-refractivity contribution is -0.115. The molecule has 3 nitrogen and oxygen atoms in total. The largest absolute Gasteiger partial charge is 0.325 e. The second-order valence-electron chi connectivity index (χ2n) is 7.15. The van der Waals surface area contributed by atoms with Crippen molar-refractivity contribution in [3.8, 4) is 0 Å². The van der Waals surface area contributed by atoms with Crippen LogP contribution in [0.5, 0.6) is 0 Å². The van der Waals surface area contributed by atoms with Crippen LogP contribution < -0.4 is 5.32 Å². The summed E-state index contributed by atoms with van der Waals surface area (Å²) in [6.07, 6.45) is 0. The van der Waals surface area contributed by atoms with Gasteiger partial charge in [0, 0.05) is 11.1 Å². The number of fused-ring (bicyclic) bond motifs is 1. The van der Waals surface area contributed by atoms with Gasteiger partial charge in [0.05, 0.1) is 10.5 Å². The highest BCUT2D eigenvalue weighted by atomic mass is 32.2. The van der Waals surface area contributed by atoms with Gasteiger partial charge in [-0.2, -0.15) is 0 Å². The molecule has 1 amide bonds. The molecule has 4 aromatic rings. The van der Waals surface area contributed by atoms with Gasteiger partial charge in [0.25, 0.3) is 0 Å². The quantitative estimate of drug-likeness (QED) is 0.380. The second-order valence-corrected chi connectivity index (χ2v) is 8.28. The summed E-state index contributed by atoms with van der Waals surface area (Å²) >= 11 is 1.41. The number of halogens is 1. The van der Waals surface area contributed by atoms with Gasteiger partial charge in [-0.15, -0.1) is 0 Å². The van der Waals surface area contributed by atoms with Crippen LogP contribution in [0.25, 0.3) is 10.9 Å². The van der Waals surface area contributed by atoms with Crippen molar-refractivity contribution in [1.82, 2.24) is 4.98 Å². The zero-order chi connectivity index (χ0) is 21.1. The zero-order valence-electron chi connectivity index (χ0n) is 16.7. The van der Waals surface area contributed by atoms with Gasteiger partial charge in [-0.05, 0) is 60.9 Å². The fraction of sp³-hybridized carbons (Fsp3) is 0.120. The summed E-state index contributed by atoms with van der Waals surface area (Å²) in [5, 5.41) is 4.31. The van der Waals surface area contributed by atoms with Gasteiger partial charge >= 0.3 is 0 Å². The van der Waals surface area contributed by atoms with Gasteiger partial charge in [0.1, 0.15) is 11.1 Å². The van der Waals surface area contributed by atoms with E-state index in [1.807, 2.05) is 55.5 Å². The van der Waals surface area contributed by atoms with Crippen LogP contribution >= 0.6 is 11.8 Å². The number of amides is 1. The molecule has 1 aromatic heterocycles. The lowest BCUT2D eigenvalue weighted by Crippen LogP contribution is -2.19. The van der Waals surface area contributed by atoms with E-state index in [1.165, 1.54) is 23.9 Å². The van der Waals surface area contributed by atoms with Gasteiger partial charge < -0.3 is 5.32 Å². The number of para-hydroxylation sites is 1. The molecule has 0 aliphatic rings. The number of rotatable bonds is 5. The molecule has 1 N–H and O–H groups in total. The van der Waals surface area contributed by atoms with Crippen LogP contribution in [0.4, 0.5) is 10.1 Å². The lowest BCUT2D eigenvalue weighted by atomic mass is 10.1. The monoisotopic (exact) mass is 416 g/mol. The number of nitrogens with zero attached hydrogens (tertiary/aromatic N) is 1. The molecule has 30 heavy (non-hydrogen) atoms. The summed E-state index contributed by atoms with van der Waals surface area (Å²) in [6.45, 7) is 4.10. The molecule has 150 valence electrons. The number of pyridine rings is 1. The molecule has 0 bridgehead atoms. The van der Waals surface area contributed by atoms with Crippen LogP contribution in [0.1, 0.15) is 21.9 Å². The minimum Gasteiger partial charge on any atom is -0.325 e. The van der Waals surface area contributed by atoms with Gasteiger partial charge in [-0.25, -0.2) is 9.37 Å². The van der Waals surface area contributed by atoms with E-state index in [0.717, 1.165) is 32.6 Å². The number of hydrogen-bond donors (Lipinski definition) is 1. The molecule has 0 radical (unpaired) electrons. The average Bonchev–Trinajstić information content (AvgIpc) is 2.75. The number of thioether (sulfide) groups is 1. The molecular weight excluding hydrogens is 395 g/mol. The first kappa shape index (κ1) is 20.1. The van der Waals surface area contributed by atoms with Crippen LogP contribution in [-0.4, -0.2) is 10.9 Å². The topological polar surface area (TPSA) is 42.0 Å². The normalized spacial score (nSPS) is 12.0. The van der Waals surface area contributed by atoms with E-state index in [9.17, 15) is 9.18 Å². The highest BCUT2D eigenvalue weighted by Crippen LogP contribution is 2.37. The van der Waals surface area contributed by atoms with Gasteiger partial charge in [0.2, 0.25) is 5.91 Å². The maximum absolute atomic E-state index is 13.2. The summed E-state index contributed by atoms with van der Waals surface area (Å²) in [4.78, 5) is 18.0. The van der Waals surface area contributed by atoms with Crippen molar-refractivity contribution in [2.75, 3.05) is 5.32 Å². The number of aromatic nitrogens is 1. The molecule has 3 aromatic carbocycles. The van der Waals surface area contributed by atoms with Crippen molar-refractivity contribution in [3.05, 3.63) is 101 Å². The number of nitrogens with one attached hydrogen (secondary N) is 1. The van der Waals surface area contributed by atoms with Gasteiger partial charge in [0.15, 0.2) is 0 Å². The molecule has 5 heteroatoms. The Hall–Kier alpha value is -3.18. The first-order valence-electron chi connectivity index (χ1n) is 9.66. The van der Waals surface area contributed by atoms with Gasteiger partial charge in [-0.1, -0.05) is 60.3 Å². The van der Waals surface area contributed by atoms with E-state index < -0.39 is 5.25 Å². The Morgan fingerprint density at radius 3 is 2.40 bits per heavy atom. The predicted octanol–water partition coefficient (Wildman–Crippen LogP) is 6.46. The van der Waals surface area contributed by atoms with E-state index >= 15 is 0 Å². The summed E-state index contributed by atoms with van der Waals surface area (Å²) in [7, 11) is 0. The predicted molar refractivity (Wildman–Crippen MR) is 121 cm³/mol. The Kier molecular flexibility index (Phi) is 5.81. The van der Waals surface area contributed by atoms with Crippen molar-refractivity contribution in [1.29, 1.82) is 0 Å². The number of anilines is 1. The first-order valence-corrected chi connectivity index (χ1v) is 10.5. The molecule has 1 atom stereocenters. The van der Waals surface area contributed by atoms with Crippen LogP contribution in [0.15, 0.2) is 83.9 Å². The number of aryl methyl sites for hydroxylation is 2. The Balaban J connectivity index is 1.68. The minimum absolute atomic E-state index is 0.179. The van der Waals surface area contributed by atoms with Crippen molar-refractivity contribution >= 4 is 34.3 Å². The van der Waals surface area contributed by atoms with E-state index in [4.69, 9.17) is 4.98 Å². The van der Waals surface area contributed by atoms with E-state index in [-0.39, 0.29) is 11.7 Å². The molecule has 0 fully saturated rings. The fourth-order valence-electron chi connectivity index (χ4n) is 3.35. The molecule has 4 rings (SSSR count). The van der Waals surface area contributed by atoms with E-state index in [2.05, 4.69) is 18.3 Å². The summed E-state index contributed by atoms with van der Waals surface area (Å²) < 4.78 is 13.2. The smallest absolute Gasteiger partial charge is 0.242 e. The number of carbonyl (C=O) groups is 1. The minimum atomic E-state index is -0.496. The first-order chi connectivity index (χ1) is 14.5. The Bertz CT molecular complexity index is 1190. The molecule has 0 spiro atoms. The Morgan fingerprint density at radius 2 is 1.67 bits per heavy atom. The highest BCUT2D eigenvalue weighted by molar-refractivity contribution is 8.00. The fourth-order valence-corrected chi connectivity index (χ4v) is 4.44.